The van der Waals surface area contributed by atoms with Crippen molar-refractivity contribution in [2.75, 3.05) is 13.2 Å². The summed E-state index contributed by atoms with van der Waals surface area (Å²) in [5.41, 5.74) is 11.7. The Morgan fingerprint density at radius 1 is 1.29 bits per heavy atom. The Kier molecular flexibility index (Phi) is 6.10. The van der Waals surface area contributed by atoms with Crippen molar-refractivity contribution in [3.05, 3.63) is 35.9 Å². The lowest BCUT2D eigenvalue weighted by Gasteiger charge is -2.12. The van der Waals surface area contributed by atoms with E-state index in [4.69, 9.17) is 16.2 Å². The number of rotatable bonds is 7. The zero-order valence-electron chi connectivity index (χ0n) is 10.3. The summed E-state index contributed by atoms with van der Waals surface area (Å²) < 4.78 is 5.68. The van der Waals surface area contributed by atoms with E-state index in [1.807, 2.05) is 18.2 Å². The number of guanidine groups is 1. The molecular formula is C13H21N3O. The predicted octanol–water partition coefficient (Wildman–Crippen LogP) is 1.30. The molecule has 0 aliphatic carbocycles. The number of hydrogen-bond donors (Lipinski definition) is 2. The van der Waals surface area contributed by atoms with Crippen LogP contribution >= 0.6 is 0 Å². The Labute approximate surface area is 103 Å². The molecule has 0 fully saturated rings. The van der Waals surface area contributed by atoms with Gasteiger partial charge in [0.05, 0.1) is 6.10 Å². The maximum atomic E-state index is 5.68. The normalized spacial score (nSPS) is 12.1. The smallest absolute Gasteiger partial charge is 0.185 e. The number of benzene rings is 1. The Bertz CT molecular complexity index is 334. The Balaban J connectivity index is 2.13. The third-order valence-corrected chi connectivity index (χ3v) is 2.37. The Morgan fingerprint density at radius 3 is 2.65 bits per heavy atom. The highest BCUT2D eigenvalue weighted by Crippen LogP contribution is 2.05. The molecule has 4 nitrogen and oxygen atoms in total. The molecule has 0 saturated carbocycles. The average Bonchev–Trinajstić information content (AvgIpc) is 2.29. The molecule has 1 rings (SSSR count). The Morgan fingerprint density at radius 2 is 2.00 bits per heavy atom. The standard InChI is InChI=1S/C13H21N3O/c1-11(10-12-6-3-2-4-7-12)17-9-5-8-16-13(14)15/h2-4,6-7,11H,5,8-10H2,1H3,(H4,14,15,16). The van der Waals surface area contributed by atoms with Crippen molar-refractivity contribution in [1.29, 1.82) is 0 Å². The summed E-state index contributed by atoms with van der Waals surface area (Å²) in [6.07, 6.45) is 2.00. The van der Waals surface area contributed by atoms with Crippen LogP contribution in [0.5, 0.6) is 0 Å². The van der Waals surface area contributed by atoms with E-state index in [9.17, 15) is 0 Å². The zero-order chi connectivity index (χ0) is 12.5. The molecule has 17 heavy (non-hydrogen) atoms. The lowest BCUT2D eigenvalue weighted by atomic mass is 10.1. The van der Waals surface area contributed by atoms with Crippen LogP contribution < -0.4 is 11.5 Å². The first-order valence-corrected chi connectivity index (χ1v) is 5.89. The largest absolute Gasteiger partial charge is 0.378 e. The fourth-order valence-corrected chi connectivity index (χ4v) is 1.56. The monoisotopic (exact) mass is 235 g/mol. The van der Waals surface area contributed by atoms with E-state index in [1.54, 1.807) is 0 Å². The van der Waals surface area contributed by atoms with Crippen molar-refractivity contribution < 1.29 is 4.74 Å². The number of nitrogens with zero attached hydrogens (tertiary/aromatic N) is 1. The van der Waals surface area contributed by atoms with Gasteiger partial charge in [0.2, 0.25) is 0 Å². The van der Waals surface area contributed by atoms with Crippen LogP contribution in [0.1, 0.15) is 18.9 Å². The molecule has 0 heterocycles. The highest BCUT2D eigenvalue weighted by molar-refractivity contribution is 5.75. The number of aliphatic imine (C=N–C) groups is 1. The van der Waals surface area contributed by atoms with Crippen LogP contribution in [0.25, 0.3) is 0 Å². The maximum absolute atomic E-state index is 5.68. The van der Waals surface area contributed by atoms with Gasteiger partial charge in [0, 0.05) is 13.2 Å². The molecule has 0 aliphatic rings. The van der Waals surface area contributed by atoms with Gasteiger partial charge in [-0.25, -0.2) is 0 Å². The molecule has 0 aromatic heterocycles. The summed E-state index contributed by atoms with van der Waals surface area (Å²) in [7, 11) is 0. The topological polar surface area (TPSA) is 73.6 Å². The van der Waals surface area contributed by atoms with E-state index in [0.717, 1.165) is 12.8 Å². The summed E-state index contributed by atoms with van der Waals surface area (Å²) in [5.74, 6) is 0.141. The number of hydrogen-bond acceptors (Lipinski definition) is 2. The molecule has 94 valence electrons. The second-order valence-corrected chi connectivity index (χ2v) is 4.03. The van der Waals surface area contributed by atoms with Crippen molar-refractivity contribution >= 4 is 5.96 Å². The molecule has 4 N–H and O–H groups in total. The van der Waals surface area contributed by atoms with Crippen LogP contribution in [0.3, 0.4) is 0 Å². The molecule has 1 aromatic rings. The lowest BCUT2D eigenvalue weighted by Crippen LogP contribution is -2.23. The summed E-state index contributed by atoms with van der Waals surface area (Å²) in [6, 6.07) is 10.3. The van der Waals surface area contributed by atoms with E-state index in [0.29, 0.717) is 13.2 Å². The van der Waals surface area contributed by atoms with Crippen LogP contribution in [0.4, 0.5) is 0 Å². The van der Waals surface area contributed by atoms with Gasteiger partial charge < -0.3 is 16.2 Å². The SMILES string of the molecule is CC(Cc1ccccc1)OCCCN=C(N)N. The van der Waals surface area contributed by atoms with Gasteiger partial charge in [-0.05, 0) is 25.3 Å². The summed E-state index contributed by atoms with van der Waals surface area (Å²) in [4.78, 5) is 3.90. The third kappa shape index (κ3) is 6.58. The minimum atomic E-state index is 0.141. The zero-order valence-corrected chi connectivity index (χ0v) is 10.3. The fourth-order valence-electron chi connectivity index (χ4n) is 1.56. The van der Waals surface area contributed by atoms with Crippen LogP contribution in [0.15, 0.2) is 35.3 Å². The van der Waals surface area contributed by atoms with Gasteiger partial charge in [-0.2, -0.15) is 0 Å². The van der Waals surface area contributed by atoms with Gasteiger partial charge in [0.25, 0.3) is 0 Å². The van der Waals surface area contributed by atoms with Crippen LogP contribution in [0.2, 0.25) is 0 Å². The van der Waals surface area contributed by atoms with E-state index in [-0.39, 0.29) is 12.1 Å². The molecule has 1 aromatic carbocycles. The first-order chi connectivity index (χ1) is 8.18. The highest BCUT2D eigenvalue weighted by Gasteiger charge is 2.02. The van der Waals surface area contributed by atoms with Crippen LogP contribution in [-0.4, -0.2) is 25.2 Å². The van der Waals surface area contributed by atoms with Crippen molar-refractivity contribution in [3.63, 3.8) is 0 Å². The van der Waals surface area contributed by atoms with E-state index >= 15 is 0 Å². The van der Waals surface area contributed by atoms with Gasteiger partial charge in [-0.15, -0.1) is 0 Å². The van der Waals surface area contributed by atoms with E-state index < -0.39 is 0 Å². The predicted molar refractivity (Wildman–Crippen MR) is 70.9 cm³/mol. The van der Waals surface area contributed by atoms with Gasteiger partial charge >= 0.3 is 0 Å². The molecule has 0 saturated heterocycles. The second kappa shape index (κ2) is 7.68. The second-order valence-electron chi connectivity index (χ2n) is 4.03. The van der Waals surface area contributed by atoms with Gasteiger partial charge in [0.15, 0.2) is 5.96 Å². The molecule has 4 heteroatoms. The Hall–Kier alpha value is -1.55. The number of nitrogens with two attached hydrogens (primary N) is 2. The maximum Gasteiger partial charge on any atom is 0.185 e. The van der Waals surface area contributed by atoms with E-state index in [1.165, 1.54) is 5.56 Å². The quantitative estimate of drug-likeness (QED) is 0.425. The van der Waals surface area contributed by atoms with Crippen molar-refractivity contribution in [2.45, 2.75) is 25.9 Å². The molecule has 0 radical (unpaired) electrons. The molecule has 1 unspecified atom stereocenters. The van der Waals surface area contributed by atoms with Crippen LogP contribution in [-0.2, 0) is 11.2 Å². The molecule has 1 atom stereocenters. The molecule has 0 amide bonds. The van der Waals surface area contributed by atoms with Crippen LogP contribution in [0, 0.1) is 0 Å². The van der Waals surface area contributed by atoms with Gasteiger partial charge in [-0.3, -0.25) is 4.99 Å². The van der Waals surface area contributed by atoms with Gasteiger partial charge in [-0.1, -0.05) is 30.3 Å². The minimum Gasteiger partial charge on any atom is -0.378 e. The first-order valence-electron chi connectivity index (χ1n) is 5.89. The fraction of sp³-hybridized carbons (Fsp3) is 0.462. The summed E-state index contributed by atoms with van der Waals surface area (Å²) in [6.45, 7) is 3.39. The minimum absolute atomic E-state index is 0.141. The van der Waals surface area contributed by atoms with Crippen molar-refractivity contribution in [2.24, 2.45) is 16.5 Å². The molecule has 0 bridgehead atoms. The van der Waals surface area contributed by atoms with Gasteiger partial charge in [0.1, 0.15) is 0 Å². The third-order valence-electron chi connectivity index (χ3n) is 2.37. The van der Waals surface area contributed by atoms with Crippen molar-refractivity contribution in [3.8, 4) is 0 Å². The summed E-state index contributed by atoms with van der Waals surface area (Å²) in [5, 5.41) is 0. The average molecular weight is 235 g/mol. The molecule has 0 spiro atoms. The highest BCUT2D eigenvalue weighted by atomic mass is 16.5. The molecule has 0 aliphatic heterocycles. The summed E-state index contributed by atoms with van der Waals surface area (Å²) >= 11 is 0. The molecular weight excluding hydrogens is 214 g/mol. The van der Waals surface area contributed by atoms with Crippen molar-refractivity contribution in [1.82, 2.24) is 0 Å². The van der Waals surface area contributed by atoms with E-state index in [2.05, 4.69) is 24.0 Å². The number of ether oxygens (including phenoxy) is 1. The lowest BCUT2D eigenvalue weighted by molar-refractivity contribution is 0.0659. The first kappa shape index (κ1) is 13.5.